The van der Waals surface area contributed by atoms with Crippen molar-refractivity contribution in [1.82, 2.24) is 10.6 Å². The van der Waals surface area contributed by atoms with Crippen LogP contribution in [0, 0.1) is 0 Å². The molecule has 3 rings (SSSR count). The fourth-order valence-electron chi connectivity index (χ4n) is 2.49. The van der Waals surface area contributed by atoms with E-state index >= 15 is 0 Å². The number of carbonyl (C=O) groups is 1. The molecular formula is C16H16Cl2N2OS. The Morgan fingerprint density at radius 2 is 1.91 bits per heavy atom. The molecule has 1 aliphatic heterocycles. The van der Waals surface area contributed by atoms with Crippen LogP contribution in [-0.2, 0) is 0 Å². The molecule has 1 saturated heterocycles. The van der Waals surface area contributed by atoms with Crippen molar-refractivity contribution < 1.29 is 4.79 Å². The van der Waals surface area contributed by atoms with Gasteiger partial charge < -0.3 is 10.6 Å². The maximum Gasteiger partial charge on any atom is 0.261 e. The summed E-state index contributed by atoms with van der Waals surface area (Å²) in [7, 11) is 0. The van der Waals surface area contributed by atoms with Crippen LogP contribution in [0.25, 0.3) is 10.4 Å². The fraction of sp³-hybridized carbons (Fsp3) is 0.312. The molecular weight excluding hydrogens is 339 g/mol. The van der Waals surface area contributed by atoms with Gasteiger partial charge in [0.1, 0.15) is 0 Å². The van der Waals surface area contributed by atoms with Crippen LogP contribution in [0.4, 0.5) is 0 Å². The first-order valence-corrected chi connectivity index (χ1v) is 8.77. The van der Waals surface area contributed by atoms with Crippen LogP contribution in [0.1, 0.15) is 22.5 Å². The molecule has 116 valence electrons. The van der Waals surface area contributed by atoms with Gasteiger partial charge in [0.25, 0.3) is 5.91 Å². The van der Waals surface area contributed by atoms with E-state index in [0.717, 1.165) is 41.2 Å². The second-order valence-electron chi connectivity index (χ2n) is 5.29. The van der Waals surface area contributed by atoms with E-state index in [1.54, 1.807) is 6.07 Å². The first-order valence-electron chi connectivity index (χ1n) is 7.20. The number of rotatable bonds is 3. The van der Waals surface area contributed by atoms with Crippen molar-refractivity contribution in [2.75, 3.05) is 13.1 Å². The Labute approximate surface area is 143 Å². The van der Waals surface area contributed by atoms with Gasteiger partial charge in [-0.2, -0.15) is 0 Å². The van der Waals surface area contributed by atoms with Gasteiger partial charge in [0.05, 0.1) is 14.9 Å². The summed E-state index contributed by atoms with van der Waals surface area (Å²) >= 11 is 13.5. The number of hydrogen-bond donors (Lipinski definition) is 2. The van der Waals surface area contributed by atoms with Gasteiger partial charge in [0, 0.05) is 10.9 Å². The fourth-order valence-corrected chi connectivity index (χ4v) is 3.69. The van der Waals surface area contributed by atoms with Crippen molar-refractivity contribution in [2.24, 2.45) is 0 Å². The smallest absolute Gasteiger partial charge is 0.261 e. The van der Waals surface area contributed by atoms with Crippen LogP contribution < -0.4 is 10.6 Å². The number of benzene rings is 1. The van der Waals surface area contributed by atoms with Gasteiger partial charge in [-0.15, -0.1) is 11.3 Å². The summed E-state index contributed by atoms with van der Waals surface area (Å²) in [4.78, 5) is 14.0. The minimum Gasteiger partial charge on any atom is -0.349 e. The SMILES string of the molecule is O=C(NC1CCNCC1)c1ccc(-c2ccc(Cl)c(Cl)c2)s1. The Kier molecular flexibility index (Phi) is 5.03. The normalized spacial score (nSPS) is 15.7. The molecule has 1 aromatic heterocycles. The summed E-state index contributed by atoms with van der Waals surface area (Å²) in [6.07, 6.45) is 1.97. The van der Waals surface area contributed by atoms with E-state index in [9.17, 15) is 4.79 Å². The van der Waals surface area contributed by atoms with Crippen LogP contribution in [0.3, 0.4) is 0 Å². The molecule has 0 aliphatic carbocycles. The van der Waals surface area contributed by atoms with Gasteiger partial charge in [-0.25, -0.2) is 0 Å². The third kappa shape index (κ3) is 3.63. The number of amides is 1. The van der Waals surface area contributed by atoms with E-state index in [4.69, 9.17) is 23.2 Å². The summed E-state index contributed by atoms with van der Waals surface area (Å²) in [6.45, 7) is 1.92. The summed E-state index contributed by atoms with van der Waals surface area (Å²) in [5.74, 6) is 0.00297. The molecule has 0 saturated carbocycles. The van der Waals surface area contributed by atoms with E-state index in [2.05, 4.69) is 10.6 Å². The van der Waals surface area contributed by atoms with Gasteiger partial charge >= 0.3 is 0 Å². The van der Waals surface area contributed by atoms with Crippen LogP contribution in [0.5, 0.6) is 0 Å². The molecule has 0 spiro atoms. The number of thiophene rings is 1. The molecule has 22 heavy (non-hydrogen) atoms. The Morgan fingerprint density at radius 1 is 1.14 bits per heavy atom. The lowest BCUT2D eigenvalue weighted by Crippen LogP contribution is -2.42. The van der Waals surface area contributed by atoms with E-state index in [1.807, 2.05) is 24.3 Å². The predicted octanol–water partition coefficient (Wildman–Crippen LogP) is 4.20. The third-order valence-corrected chi connectivity index (χ3v) is 5.58. The minimum atomic E-state index is 0.00297. The van der Waals surface area contributed by atoms with E-state index in [0.29, 0.717) is 10.0 Å². The van der Waals surface area contributed by atoms with Crippen molar-refractivity contribution >= 4 is 40.4 Å². The minimum absolute atomic E-state index is 0.00297. The quantitative estimate of drug-likeness (QED) is 0.866. The molecule has 0 bridgehead atoms. The zero-order valence-corrected chi connectivity index (χ0v) is 14.2. The number of nitrogens with one attached hydrogen (secondary N) is 2. The van der Waals surface area contributed by atoms with Crippen molar-refractivity contribution in [2.45, 2.75) is 18.9 Å². The zero-order valence-electron chi connectivity index (χ0n) is 11.9. The highest BCUT2D eigenvalue weighted by molar-refractivity contribution is 7.17. The average molecular weight is 355 g/mol. The Bertz CT molecular complexity index is 681. The van der Waals surface area contributed by atoms with Crippen molar-refractivity contribution in [3.8, 4) is 10.4 Å². The van der Waals surface area contributed by atoms with E-state index in [1.165, 1.54) is 11.3 Å². The highest BCUT2D eigenvalue weighted by Gasteiger charge is 2.17. The highest BCUT2D eigenvalue weighted by Crippen LogP contribution is 2.32. The zero-order chi connectivity index (χ0) is 15.5. The second-order valence-corrected chi connectivity index (χ2v) is 7.19. The monoisotopic (exact) mass is 354 g/mol. The molecule has 1 aliphatic rings. The molecule has 0 unspecified atom stereocenters. The summed E-state index contributed by atoms with van der Waals surface area (Å²) in [6, 6.07) is 9.58. The molecule has 6 heteroatoms. The van der Waals surface area contributed by atoms with Crippen molar-refractivity contribution in [1.29, 1.82) is 0 Å². The maximum atomic E-state index is 12.3. The summed E-state index contributed by atoms with van der Waals surface area (Å²) < 4.78 is 0. The number of halogens is 2. The first-order chi connectivity index (χ1) is 10.6. The number of hydrogen-bond acceptors (Lipinski definition) is 3. The third-order valence-electron chi connectivity index (χ3n) is 3.71. The topological polar surface area (TPSA) is 41.1 Å². The van der Waals surface area contributed by atoms with E-state index < -0.39 is 0 Å². The lowest BCUT2D eigenvalue weighted by Gasteiger charge is -2.23. The lowest BCUT2D eigenvalue weighted by molar-refractivity contribution is 0.0933. The van der Waals surface area contributed by atoms with Crippen LogP contribution in [0.2, 0.25) is 10.0 Å². The van der Waals surface area contributed by atoms with Gasteiger partial charge in [-0.1, -0.05) is 29.3 Å². The Balaban J connectivity index is 1.72. The molecule has 0 radical (unpaired) electrons. The van der Waals surface area contributed by atoms with Crippen LogP contribution in [-0.4, -0.2) is 25.0 Å². The van der Waals surface area contributed by atoms with Gasteiger partial charge in [-0.3, -0.25) is 4.79 Å². The molecule has 3 nitrogen and oxygen atoms in total. The first kappa shape index (κ1) is 15.8. The molecule has 1 amide bonds. The number of piperidine rings is 1. The summed E-state index contributed by atoms with van der Waals surface area (Å²) in [5.41, 5.74) is 0.973. The highest BCUT2D eigenvalue weighted by atomic mass is 35.5. The predicted molar refractivity (Wildman–Crippen MR) is 93.1 cm³/mol. The maximum absolute atomic E-state index is 12.3. The molecule has 1 fully saturated rings. The largest absolute Gasteiger partial charge is 0.349 e. The molecule has 2 heterocycles. The Hall–Kier alpha value is -1.07. The van der Waals surface area contributed by atoms with Crippen LogP contribution in [0.15, 0.2) is 30.3 Å². The summed E-state index contributed by atoms with van der Waals surface area (Å²) in [5, 5.41) is 7.45. The van der Waals surface area contributed by atoms with Gasteiger partial charge in [-0.05, 0) is 55.8 Å². The molecule has 0 atom stereocenters. The number of carbonyl (C=O) groups excluding carboxylic acids is 1. The Morgan fingerprint density at radius 3 is 2.64 bits per heavy atom. The average Bonchev–Trinajstić information content (AvgIpc) is 3.01. The van der Waals surface area contributed by atoms with E-state index in [-0.39, 0.29) is 11.9 Å². The molecule has 2 N–H and O–H groups in total. The second kappa shape index (κ2) is 7.01. The molecule has 2 aromatic rings. The standard InChI is InChI=1S/C16H16Cl2N2OS/c17-12-2-1-10(9-13(12)18)14-3-4-15(22-14)16(21)20-11-5-7-19-8-6-11/h1-4,9,11,19H,5-8H2,(H,20,21). The van der Waals surface area contributed by atoms with Crippen LogP contribution >= 0.6 is 34.5 Å². The van der Waals surface area contributed by atoms with Gasteiger partial charge in [0.15, 0.2) is 0 Å². The van der Waals surface area contributed by atoms with Crippen molar-refractivity contribution in [3.05, 3.63) is 45.3 Å². The lowest BCUT2D eigenvalue weighted by atomic mass is 10.1. The van der Waals surface area contributed by atoms with Crippen molar-refractivity contribution in [3.63, 3.8) is 0 Å². The molecule has 1 aromatic carbocycles. The van der Waals surface area contributed by atoms with Gasteiger partial charge in [0.2, 0.25) is 0 Å².